The summed E-state index contributed by atoms with van der Waals surface area (Å²) in [4.78, 5) is 2.34. The van der Waals surface area contributed by atoms with E-state index in [0.717, 1.165) is 24.9 Å². The van der Waals surface area contributed by atoms with Gasteiger partial charge in [-0.1, -0.05) is 38.1 Å². The van der Waals surface area contributed by atoms with Gasteiger partial charge in [0.15, 0.2) is 0 Å². The summed E-state index contributed by atoms with van der Waals surface area (Å²) in [6, 6.07) is 9.75. The minimum absolute atomic E-state index is 0.626. The van der Waals surface area contributed by atoms with E-state index in [-0.39, 0.29) is 0 Å². The quantitative estimate of drug-likeness (QED) is 0.779. The van der Waals surface area contributed by atoms with Gasteiger partial charge >= 0.3 is 0 Å². The number of nitrogens with one attached hydrogen (secondary N) is 1. The molecule has 1 fully saturated rings. The first-order chi connectivity index (χ1) is 9.56. The molecule has 20 heavy (non-hydrogen) atoms. The van der Waals surface area contributed by atoms with Crippen LogP contribution in [-0.2, 0) is 6.54 Å². The largest absolute Gasteiger partial charge is 0.311 e. The molecule has 0 bridgehead atoms. The first kappa shape index (κ1) is 15.5. The standard InChI is InChI=1S/C18H30N2/c1-14(2)10-18(20(3)4)13-19-12-15-6-5-7-17(11-15)16-8-9-16/h5-7,11,14,16,18-19H,8-10,12-13H2,1-4H3. The number of rotatable bonds is 8. The highest BCUT2D eigenvalue weighted by molar-refractivity contribution is 5.29. The van der Waals surface area contributed by atoms with Gasteiger partial charge in [-0.2, -0.15) is 0 Å². The normalized spacial score (nSPS) is 16.9. The van der Waals surface area contributed by atoms with Gasteiger partial charge in [0, 0.05) is 19.1 Å². The van der Waals surface area contributed by atoms with Crippen LogP contribution in [0.15, 0.2) is 24.3 Å². The molecule has 0 aliphatic heterocycles. The molecule has 1 aliphatic carbocycles. The first-order valence-corrected chi connectivity index (χ1v) is 8.02. The van der Waals surface area contributed by atoms with E-state index in [1.807, 2.05) is 0 Å². The van der Waals surface area contributed by atoms with Crippen molar-refractivity contribution in [2.24, 2.45) is 5.92 Å². The Bertz CT molecular complexity index is 408. The number of nitrogens with zero attached hydrogens (tertiary/aromatic N) is 1. The molecule has 2 nitrogen and oxygen atoms in total. The highest BCUT2D eigenvalue weighted by Gasteiger charge is 2.23. The smallest absolute Gasteiger partial charge is 0.0217 e. The summed E-state index contributed by atoms with van der Waals surface area (Å²) in [7, 11) is 4.37. The van der Waals surface area contributed by atoms with E-state index < -0.39 is 0 Å². The van der Waals surface area contributed by atoms with E-state index in [1.165, 1.54) is 30.4 Å². The fourth-order valence-electron chi connectivity index (χ4n) is 2.78. The van der Waals surface area contributed by atoms with Crippen molar-refractivity contribution in [3.8, 4) is 0 Å². The number of hydrogen-bond acceptors (Lipinski definition) is 2. The van der Waals surface area contributed by atoms with E-state index in [0.29, 0.717) is 6.04 Å². The van der Waals surface area contributed by atoms with Gasteiger partial charge in [0.1, 0.15) is 0 Å². The van der Waals surface area contributed by atoms with Gasteiger partial charge in [-0.25, -0.2) is 0 Å². The third-order valence-electron chi connectivity index (χ3n) is 4.18. The van der Waals surface area contributed by atoms with Crippen molar-refractivity contribution in [2.45, 2.75) is 51.6 Å². The summed E-state index contributed by atoms with van der Waals surface area (Å²) in [5.41, 5.74) is 2.96. The molecule has 1 N–H and O–H groups in total. The zero-order chi connectivity index (χ0) is 14.5. The van der Waals surface area contributed by atoms with E-state index in [4.69, 9.17) is 0 Å². The van der Waals surface area contributed by atoms with Gasteiger partial charge in [-0.15, -0.1) is 0 Å². The molecule has 2 rings (SSSR count). The van der Waals surface area contributed by atoms with Crippen molar-refractivity contribution in [3.05, 3.63) is 35.4 Å². The monoisotopic (exact) mass is 274 g/mol. The Balaban J connectivity index is 1.80. The van der Waals surface area contributed by atoms with Gasteiger partial charge in [-0.05, 0) is 56.3 Å². The zero-order valence-electron chi connectivity index (χ0n) is 13.5. The zero-order valence-corrected chi connectivity index (χ0v) is 13.5. The fourth-order valence-corrected chi connectivity index (χ4v) is 2.78. The molecule has 1 atom stereocenters. The molecule has 2 heteroatoms. The van der Waals surface area contributed by atoms with Crippen LogP contribution >= 0.6 is 0 Å². The van der Waals surface area contributed by atoms with Crippen LogP contribution < -0.4 is 5.32 Å². The van der Waals surface area contributed by atoms with Crippen LogP contribution in [0.4, 0.5) is 0 Å². The molecular weight excluding hydrogens is 244 g/mol. The molecule has 1 saturated carbocycles. The number of benzene rings is 1. The van der Waals surface area contributed by atoms with Crippen LogP contribution in [0.1, 0.15) is 50.2 Å². The van der Waals surface area contributed by atoms with Crippen LogP contribution in [0.25, 0.3) is 0 Å². The second-order valence-electron chi connectivity index (χ2n) is 6.90. The van der Waals surface area contributed by atoms with E-state index in [1.54, 1.807) is 0 Å². The minimum Gasteiger partial charge on any atom is -0.311 e. The van der Waals surface area contributed by atoms with Crippen LogP contribution in [0, 0.1) is 5.92 Å². The van der Waals surface area contributed by atoms with Crippen LogP contribution in [0.2, 0.25) is 0 Å². The Morgan fingerprint density at radius 3 is 2.60 bits per heavy atom. The Morgan fingerprint density at radius 1 is 1.25 bits per heavy atom. The third kappa shape index (κ3) is 4.92. The minimum atomic E-state index is 0.626. The lowest BCUT2D eigenvalue weighted by Gasteiger charge is -2.26. The summed E-state index contributed by atoms with van der Waals surface area (Å²) in [6.45, 7) is 6.66. The first-order valence-electron chi connectivity index (χ1n) is 8.02. The molecule has 112 valence electrons. The highest BCUT2D eigenvalue weighted by Crippen LogP contribution is 2.40. The van der Waals surface area contributed by atoms with Crippen LogP contribution in [0.5, 0.6) is 0 Å². The maximum Gasteiger partial charge on any atom is 0.0217 e. The van der Waals surface area contributed by atoms with Gasteiger partial charge in [0.05, 0.1) is 0 Å². The lowest BCUT2D eigenvalue weighted by molar-refractivity contribution is 0.246. The summed E-state index contributed by atoms with van der Waals surface area (Å²) in [5, 5.41) is 3.63. The summed E-state index contributed by atoms with van der Waals surface area (Å²) in [5.74, 6) is 1.60. The van der Waals surface area contributed by atoms with E-state index >= 15 is 0 Å². The number of likely N-dealkylation sites (N-methyl/N-ethyl adjacent to an activating group) is 1. The molecule has 0 saturated heterocycles. The SMILES string of the molecule is CC(C)CC(CNCc1cccc(C2CC2)c1)N(C)C. The fraction of sp³-hybridized carbons (Fsp3) is 0.667. The van der Waals surface area contributed by atoms with Crippen molar-refractivity contribution in [1.29, 1.82) is 0 Å². The van der Waals surface area contributed by atoms with Crippen LogP contribution in [0.3, 0.4) is 0 Å². The molecule has 1 unspecified atom stereocenters. The lowest BCUT2D eigenvalue weighted by atomic mass is 10.0. The average Bonchev–Trinajstić information content (AvgIpc) is 3.21. The topological polar surface area (TPSA) is 15.3 Å². The van der Waals surface area contributed by atoms with Crippen molar-refractivity contribution >= 4 is 0 Å². The predicted octanol–water partition coefficient (Wildman–Crippen LogP) is 3.63. The maximum atomic E-state index is 3.63. The number of hydrogen-bond donors (Lipinski definition) is 1. The average molecular weight is 274 g/mol. The molecule has 0 heterocycles. The summed E-state index contributed by atoms with van der Waals surface area (Å²) >= 11 is 0. The van der Waals surface area contributed by atoms with Gasteiger partial charge < -0.3 is 10.2 Å². The highest BCUT2D eigenvalue weighted by atomic mass is 15.1. The molecule has 0 spiro atoms. The molecular formula is C18H30N2. The van der Waals surface area contributed by atoms with Crippen LogP contribution in [-0.4, -0.2) is 31.6 Å². The van der Waals surface area contributed by atoms with E-state index in [2.05, 4.69) is 62.4 Å². The molecule has 0 amide bonds. The van der Waals surface area contributed by atoms with Crippen molar-refractivity contribution in [2.75, 3.05) is 20.6 Å². The van der Waals surface area contributed by atoms with Crippen molar-refractivity contribution in [1.82, 2.24) is 10.2 Å². The van der Waals surface area contributed by atoms with Crippen molar-refractivity contribution in [3.63, 3.8) is 0 Å². The predicted molar refractivity (Wildman–Crippen MR) is 87.1 cm³/mol. The second-order valence-corrected chi connectivity index (χ2v) is 6.90. The molecule has 0 radical (unpaired) electrons. The van der Waals surface area contributed by atoms with Crippen molar-refractivity contribution < 1.29 is 0 Å². The Morgan fingerprint density at radius 2 is 2.00 bits per heavy atom. The molecule has 1 aromatic rings. The molecule has 1 aliphatic rings. The Kier molecular flexibility index (Phi) is 5.62. The molecule has 0 aromatic heterocycles. The second kappa shape index (κ2) is 7.24. The van der Waals surface area contributed by atoms with E-state index in [9.17, 15) is 0 Å². The molecule has 1 aromatic carbocycles. The third-order valence-corrected chi connectivity index (χ3v) is 4.18. The Labute approximate surface area is 124 Å². The summed E-state index contributed by atoms with van der Waals surface area (Å²) in [6.07, 6.45) is 4.02. The van der Waals surface area contributed by atoms with Gasteiger partial charge in [-0.3, -0.25) is 0 Å². The summed E-state index contributed by atoms with van der Waals surface area (Å²) < 4.78 is 0. The Hall–Kier alpha value is -0.860. The van der Waals surface area contributed by atoms with Gasteiger partial charge in [0.2, 0.25) is 0 Å². The lowest BCUT2D eigenvalue weighted by Crippen LogP contribution is -2.38. The van der Waals surface area contributed by atoms with Gasteiger partial charge in [0.25, 0.3) is 0 Å². The maximum absolute atomic E-state index is 3.63.